The van der Waals surface area contributed by atoms with Gasteiger partial charge in [0.1, 0.15) is 22.2 Å². The summed E-state index contributed by atoms with van der Waals surface area (Å²) in [4.78, 5) is 15.6. The molecular formula is C26H24F2N4O4S. The number of sulfonamides is 1. The number of rotatable bonds is 7. The molecule has 8 nitrogen and oxygen atoms in total. The van der Waals surface area contributed by atoms with Gasteiger partial charge in [0, 0.05) is 30.1 Å². The smallest absolute Gasteiger partial charge is 0.426 e. The van der Waals surface area contributed by atoms with Crippen LogP contribution in [-0.4, -0.2) is 34.4 Å². The average molecular weight is 527 g/mol. The Kier molecular flexibility index (Phi) is 7.08. The number of aromatic nitrogens is 3. The maximum atomic E-state index is 14.5. The fourth-order valence-electron chi connectivity index (χ4n) is 4.19. The molecule has 0 saturated carbocycles. The second-order valence-corrected chi connectivity index (χ2v) is 9.94. The maximum Gasteiger partial charge on any atom is 0.426 e. The molecule has 1 amide bonds. The number of benzene rings is 2. The largest absolute Gasteiger partial charge is 0.464 e. The summed E-state index contributed by atoms with van der Waals surface area (Å²) < 4.78 is 56.8. The lowest BCUT2D eigenvalue weighted by Crippen LogP contribution is -2.37. The molecule has 0 aliphatic heterocycles. The number of hydrogen-bond donors (Lipinski definition) is 1. The van der Waals surface area contributed by atoms with Crippen LogP contribution in [0.2, 0.25) is 0 Å². The zero-order chi connectivity index (χ0) is 26.9. The zero-order valence-corrected chi connectivity index (χ0v) is 21.1. The molecule has 0 aliphatic rings. The molecule has 0 spiro atoms. The fraction of sp³-hybridized carbons (Fsp3) is 0.192. The monoisotopic (exact) mass is 526 g/mol. The van der Waals surface area contributed by atoms with Crippen LogP contribution in [0, 0.1) is 18.6 Å². The number of carbonyl (C=O) groups is 1. The first-order valence-corrected chi connectivity index (χ1v) is 12.9. The molecule has 1 N–H and O–H groups in total. The predicted molar refractivity (Wildman–Crippen MR) is 135 cm³/mol. The van der Waals surface area contributed by atoms with Crippen molar-refractivity contribution in [1.82, 2.24) is 14.8 Å². The highest BCUT2D eigenvalue weighted by atomic mass is 32.2. The molecule has 0 saturated heterocycles. The van der Waals surface area contributed by atoms with E-state index in [2.05, 4.69) is 10.1 Å². The van der Waals surface area contributed by atoms with Crippen LogP contribution in [0.4, 0.5) is 19.3 Å². The molecule has 2 aromatic carbocycles. The van der Waals surface area contributed by atoms with Crippen LogP contribution < -0.4 is 4.31 Å². The zero-order valence-electron chi connectivity index (χ0n) is 20.3. The fourth-order valence-corrected chi connectivity index (χ4v) is 5.62. The number of halogens is 2. The van der Waals surface area contributed by atoms with Gasteiger partial charge in [-0.15, -0.1) is 0 Å². The SMILES string of the molecule is CCc1ccc(N(C(=O)O)S(=O)(=O)c2cc(F)ccc2F)c(C)c1-c1nn(CC)cc1-c1ccccn1. The molecule has 0 unspecified atom stereocenters. The lowest BCUT2D eigenvalue weighted by atomic mass is 9.93. The molecule has 4 rings (SSSR count). The van der Waals surface area contributed by atoms with E-state index in [4.69, 9.17) is 0 Å². The first-order valence-electron chi connectivity index (χ1n) is 11.4. The highest BCUT2D eigenvalue weighted by Gasteiger charge is 2.35. The summed E-state index contributed by atoms with van der Waals surface area (Å²) in [6.07, 6.45) is 2.12. The van der Waals surface area contributed by atoms with Crippen molar-refractivity contribution >= 4 is 21.8 Å². The molecule has 0 aliphatic carbocycles. The topological polar surface area (TPSA) is 105 Å². The number of hydrogen-bond acceptors (Lipinski definition) is 5. The second-order valence-electron chi connectivity index (χ2n) is 8.19. The average Bonchev–Trinajstić information content (AvgIpc) is 3.30. The Bertz CT molecular complexity index is 1590. The van der Waals surface area contributed by atoms with Gasteiger partial charge in [-0.25, -0.2) is 22.0 Å². The molecule has 0 atom stereocenters. The van der Waals surface area contributed by atoms with Gasteiger partial charge in [0.15, 0.2) is 0 Å². The summed E-state index contributed by atoms with van der Waals surface area (Å²) >= 11 is 0. The van der Waals surface area contributed by atoms with Crippen LogP contribution in [0.1, 0.15) is 25.0 Å². The van der Waals surface area contributed by atoms with Crippen LogP contribution >= 0.6 is 0 Å². The molecule has 0 radical (unpaired) electrons. The molecule has 192 valence electrons. The summed E-state index contributed by atoms with van der Waals surface area (Å²) in [6, 6.07) is 10.2. The van der Waals surface area contributed by atoms with Crippen LogP contribution in [0.15, 0.2) is 65.8 Å². The summed E-state index contributed by atoms with van der Waals surface area (Å²) in [5.74, 6) is -2.29. The lowest BCUT2D eigenvalue weighted by Gasteiger charge is -2.24. The molecule has 11 heteroatoms. The number of carboxylic acid groups (broad SMARTS) is 1. The standard InChI is InChI=1S/C26H24F2N4O4S/c1-4-17-9-12-22(32(26(33)34)37(35,36)23-14-18(27)10-11-20(23)28)16(3)24(17)25-19(15-31(5-2)30-25)21-8-6-7-13-29-21/h6-15H,4-5H2,1-3H3,(H,33,34). The third-order valence-electron chi connectivity index (χ3n) is 5.97. The van der Waals surface area contributed by atoms with Crippen molar-refractivity contribution in [3.63, 3.8) is 0 Å². The van der Waals surface area contributed by atoms with Crippen LogP contribution in [-0.2, 0) is 23.0 Å². The van der Waals surface area contributed by atoms with E-state index < -0.39 is 32.6 Å². The number of amides is 1. The van der Waals surface area contributed by atoms with Gasteiger partial charge < -0.3 is 5.11 Å². The van der Waals surface area contributed by atoms with Crippen LogP contribution in [0.3, 0.4) is 0 Å². The number of pyridine rings is 1. The van der Waals surface area contributed by atoms with Gasteiger partial charge in [0.05, 0.1) is 11.4 Å². The number of aryl methyl sites for hydroxylation is 2. The van der Waals surface area contributed by atoms with Gasteiger partial charge in [-0.3, -0.25) is 9.67 Å². The van der Waals surface area contributed by atoms with Crippen molar-refractivity contribution in [3.8, 4) is 22.5 Å². The molecule has 37 heavy (non-hydrogen) atoms. The van der Waals surface area contributed by atoms with Gasteiger partial charge in [0.25, 0.3) is 10.0 Å². The van der Waals surface area contributed by atoms with Crippen molar-refractivity contribution in [1.29, 1.82) is 0 Å². The summed E-state index contributed by atoms with van der Waals surface area (Å²) in [5.41, 5.74) is 3.21. The second kappa shape index (κ2) is 10.1. The Labute approximate surface area is 212 Å². The molecular weight excluding hydrogens is 502 g/mol. The molecule has 2 aromatic heterocycles. The van der Waals surface area contributed by atoms with E-state index in [1.54, 1.807) is 29.9 Å². The van der Waals surface area contributed by atoms with Crippen LogP contribution in [0.5, 0.6) is 0 Å². The summed E-state index contributed by atoms with van der Waals surface area (Å²) in [7, 11) is -5.03. The number of nitrogens with zero attached hydrogens (tertiary/aromatic N) is 4. The Hall–Kier alpha value is -4.12. The van der Waals surface area contributed by atoms with E-state index in [1.165, 1.54) is 6.07 Å². The molecule has 2 heterocycles. The van der Waals surface area contributed by atoms with Crippen molar-refractivity contribution in [2.75, 3.05) is 4.31 Å². The van der Waals surface area contributed by atoms with Crippen molar-refractivity contribution in [3.05, 3.63) is 83.7 Å². The molecule has 4 aromatic rings. The van der Waals surface area contributed by atoms with Gasteiger partial charge >= 0.3 is 6.09 Å². The van der Waals surface area contributed by atoms with Gasteiger partial charge in [0.2, 0.25) is 0 Å². The Morgan fingerprint density at radius 1 is 1.11 bits per heavy atom. The normalized spacial score (nSPS) is 11.5. The summed E-state index contributed by atoms with van der Waals surface area (Å²) in [6.45, 7) is 5.94. The van der Waals surface area contributed by atoms with E-state index in [-0.39, 0.29) is 9.99 Å². The third kappa shape index (κ3) is 4.69. The van der Waals surface area contributed by atoms with Crippen molar-refractivity contribution in [2.24, 2.45) is 0 Å². The minimum Gasteiger partial charge on any atom is -0.464 e. The molecule has 0 bridgehead atoms. The van der Waals surface area contributed by atoms with Gasteiger partial charge in [-0.05, 0) is 67.8 Å². The van der Waals surface area contributed by atoms with Gasteiger partial charge in [-0.2, -0.15) is 9.40 Å². The Morgan fingerprint density at radius 2 is 1.86 bits per heavy atom. The van der Waals surface area contributed by atoms with E-state index in [0.717, 1.165) is 11.6 Å². The Morgan fingerprint density at radius 3 is 2.49 bits per heavy atom. The van der Waals surface area contributed by atoms with Gasteiger partial charge in [-0.1, -0.05) is 19.1 Å². The lowest BCUT2D eigenvalue weighted by molar-refractivity contribution is 0.206. The summed E-state index contributed by atoms with van der Waals surface area (Å²) in [5, 5.41) is 14.7. The maximum absolute atomic E-state index is 14.5. The van der Waals surface area contributed by atoms with E-state index in [0.29, 0.717) is 53.2 Å². The quantitative estimate of drug-likeness (QED) is 0.333. The van der Waals surface area contributed by atoms with Crippen LogP contribution in [0.25, 0.3) is 22.5 Å². The van der Waals surface area contributed by atoms with Crippen molar-refractivity contribution < 1.29 is 27.1 Å². The van der Waals surface area contributed by atoms with E-state index >= 15 is 0 Å². The van der Waals surface area contributed by atoms with E-state index in [9.17, 15) is 27.1 Å². The Balaban J connectivity index is 2.00. The number of anilines is 1. The van der Waals surface area contributed by atoms with E-state index in [1.807, 2.05) is 32.2 Å². The first kappa shape index (κ1) is 26.0. The third-order valence-corrected chi connectivity index (χ3v) is 7.67. The van der Waals surface area contributed by atoms with Crippen molar-refractivity contribution in [2.45, 2.75) is 38.6 Å². The molecule has 0 fully saturated rings. The highest BCUT2D eigenvalue weighted by Crippen LogP contribution is 2.40. The minimum atomic E-state index is -5.03. The first-order chi connectivity index (χ1) is 17.6. The highest BCUT2D eigenvalue weighted by molar-refractivity contribution is 7.93. The predicted octanol–water partition coefficient (Wildman–Crippen LogP) is 5.65. The minimum absolute atomic E-state index is 0.0698.